The summed E-state index contributed by atoms with van der Waals surface area (Å²) in [5, 5.41) is 8.76. The molecule has 16 heavy (non-hydrogen) atoms. The number of nitrogens with one attached hydrogen (secondary N) is 1. The smallest absolute Gasteiger partial charge is 0.335 e. The van der Waals surface area contributed by atoms with Crippen molar-refractivity contribution in [2.75, 3.05) is 0 Å². The van der Waals surface area contributed by atoms with E-state index in [9.17, 15) is 13.2 Å². The number of aromatic carboxylic acids is 1. The monoisotopic (exact) mass is 275 g/mol. The average Bonchev–Trinajstić information content (AvgIpc) is 2.15. The molecule has 1 aromatic rings. The molecule has 84 valence electrons. The molecule has 2 rings (SSSR count). The molecule has 0 fully saturated rings. The van der Waals surface area contributed by atoms with E-state index in [2.05, 4.69) is 4.72 Å². The Balaban J connectivity index is 2.66. The quantitative estimate of drug-likeness (QED) is 0.745. The second-order valence-corrected chi connectivity index (χ2v) is 6.33. The highest BCUT2D eigenvalue weighted by Crippen LogP contribution is 2.32. The Kier molecular flexibility index (Phi) is 2.64. The maximum Gasteiger partial charge on any atom is 0.335 e. The van der Waals surface area contributed by atoms with Crippen molar-refractivity contribution in [1.82, 2.24) is 4.72 Å². The molecule has 0 amide bonds. The number of hydrogen-bond donors (Lipinski definition) is 2. The van der Waals surface area contributed by atoms with Crippen molar-refractivity contribution in [2.24, 2.45) is 0 Å². The molecule has 0 unspecified atom stereocenters. The molecule has 0 aliphatic carbocycles. The van der Waals surface area contributed by atoms with E-state index >= 15 is 0 Å². The van der Waals surface area contributed by atoms with Gasteiger partial charge in [0.25, 0.3) is 10.0 Å². The number of rotatable bonds is 1. The molecule has 0 bridgehead atoms. The molecule has 0 radical (unpaired) electrons. The van der Waals surface area contributed by atoms with E-state index in [1.807, 2.05) is 0 Å². The largest absolute Gasteiger partial charge is 0.478 e. The van der Waals surface area contributed by atoms with Crippen LogP contribution in [-0.4, -0.2) is 23.8 Å². The van der Waals surface area contributed by atoms with E-state index in [-0.39, 0.29) is 14.8 Å². The van der Waals surface area contributed by atoms with Crippen LogP contribution in [0.2, 0.25) is 0 Å². The molecule has 1 aromatic carbocycles. The number of thiocarbonyl (C=S) groups is 1. The fourth-order valence-electron chi connectivity index (χ4n) is 1.22. The van der Waals surface area contributed by atoms with Gasteiger partial charge in [-0.25, -0.2) is 13.2 Å². The Labute approximate surface area is 101 Å². The Morgan fingerprint density at radius 1 is 1.44 bits per heavy atom. The van der Waals surface area contributed by atoms with Crippen molar-refractivity contribution >= 4 is 44.3 Å². The van der Waals surface area contributed by atoms with Crippen LogP contribution >= 0.6 is 24.0 Å². The van der Waals surface area contributed by atoms with Crippen LogP contribution in [0.4, 0.5) is 0 Å². The minimum absolute atomic E-state index is 0.0500. The van der Waals surface area contributed by atoms with Crippen LogP contribution < -0.4 is 4.72 Å². The highest BCUT2D eigenvalue weighted by Gasteiger charge is 2.27. The molecule has 1 aliphatic rings. The van der Waals surface area contributed by atoms with Gasteiger partial charge in [-0.1, -0.05) is 24.0 Å². The van der Waals surface area contributed by atoms with Gasteiger partial charge >= 0.3 is 5.97 Å². The molecule has 0 saturated heterocycles. The van der Waals surface area contributed by atoms with Crippen molar-refractivity contribution in [3.8, 4) is 0 Å². The van der Waals surface area contributed by atoms with Crippen LogP contribution in [-0.2, 0) is 10.0 Å². The molecule has 2 N–H and O–H groups in total. The fourth-order valence-corrected chi connectivity index (χ4v) is 4.21. The van der Waals surface area contributed by atoms with Gasteiger partial charge in [0.15, 0.2) is 4.32 Å². The summed E-state index contributed by atoms with van der Waals surface area (Å²) < 4.78 is 25.6. The molecular weight excluding hydrogens is 270 g/mol. The van der Waals surface area contributed by atoms with Crippen molar-refractivity contribution in [2.45, 2.75) is 9.79 Å². The molecule has 1 aliphatic heterocycles. The van der Waals surface area contributed by atoms with Gasteiger partial charge in [-0.05, 0) is 18.2 Å². The van der Waals surface area contributed by atoms with Gasteiger partial charge in [-0.15, -0.1) is 0 Å². The molecule has 0 aromatic heterocycles. The van der Waals surface area contributed by atoms with Crippen molar-refractivity contribution in [1.29, 1.82) is 0 Å². The topological polar surface area (TPSA) is 83.5 Å². The summed E-state index contributed by atoms with van der Waals surface area (Å²) in [5.74, 6) is -1.17. The number of fused-ring (bicyclic) bond motifs is 1. The van der Waals surface area contributed by atoms with Crippen LogP contribution in [0.15, 0.2) is 28.0 Å². The summed E-state index contributed by atoms with van der Waals surface area (Å²) in [6, 6.07) is 3.90. The van der Waals surface area contributed by atoms with Gasteiger partial charge in [0, 0.05) is 4.90 Å². The molecule has 0 atom stereocenters. The van der Waals surface area contributed by atoms with Crippen molar-refractivity contribution < 1.29 is 18.3 Å². The number of hydrogen-bond acceptors (Lipinski definition) is 5. The summed E-state index contributed by atoms with van der Waals surface area (Å²) in [5.41, 5.74) is -0.0717. The lowest BCUT2D eigenvalue weighted by atomic mass is 10.2. The van der Waals surface area contributed by atoms with E-state index in [1.54, 1.807) is 0 Å². The van der Waals surface area contributed by atoms with Crippen LogP contribution in [0.1, 0.15) is 10.4 Å². The lowest BCUT2D eigenvalue weighted by molar-refractivity contribution is 0.0696. The number of thioether (sulfide) groups is 1. The summed E-state index contributed by atoms with van der Waals surface area (Å²) >= 11 is 5.85. The second kappa shape index (κ2) is 3.72. The Hall–Kier alpha value is -1.12. The number of sulfonamides is 1. The van der Waals surface area contributed by atoms with Gasteiger partial charge in [-0.2, -0.15) is 0 Å². The molecule has 0 saturated carbocycles. The van der Waals surface area contributed by atoms with E-state index < -0.39 is 16.0 Å². The third-order valence-corrected chi connectivity index (χ3v) is 4.89. The van der Waals surface area contributed by atoms with Gasteiger partial charge in [0.1, 0.15) is 4.90 Å². The summed E-state index contributed by atoms with van der Waals surface area (Å²) in [6.45, 7) is 0. The van der Waals surface area contributed by atoms with E-state index in [0.29, 0.717) is 4.90 Å². The first-order chi connectivity index (χ1) is 7.40. The van der Waals surface area contributed by atoms with Crippen LogP contribution in [0.3, 0.4) is 0 Å². The summed E-state index contributed by atoms with van der Waals surface area (Å²) in [4.78, 5) is 11.1. The zero-order chi connectivity index (χ0) is 11.9. The van der Waals surface area contributed by atoms with Crippen LogP contribution in [0, 0.1) is 0 Å². The summed E-state index contributed by atoms with van der Waals surface area (Å²) in [7, 11) is -3.72. The lowest BCUT2D eigenvalue weighted by Crippen LogP contribution is -2.31. The predicted molar refractivity (Wildman–Crippen MR) is 62.2 cm³/mol. The zero-order valence-corrected chi connectivity index (χ0v) is 10.1. The molecule has 5 nitrogen and oxygen atoms in total. The van der Waals surface area contributed by atoms with Crippen molar-refractivity contribution in [3.63, 3.8) is 0 Å². The molecule has 1 heterocycles. The Morgan fingerprint density at radius 2 is 2.12 bits per heavy atom. The lowest BCUT2D eigenvalue weighted by Gasteiger charge is -2.17. The zero-order valence-electron chi connectivity index (χ0n) is 7.63. The number of carboxylic acids is 1. The standard InChI is InChI=1S/C8H5NO4S3/c10-7(11)4-1-2-5-6(3-4)16(12,13)9-8(14)15-5/h1-3H,(H,9,14)(H,10,11). The van der Waals surface area contributed by atoms with Crippen molar-refractivity contribution in [3.05, 3.63) is 23.8 Å². The first-order valence-electron chi connectivity index (χ1n) is 4.02. The average molecular weight is 275 g/mol. The molecule has 8 heteroatoms. The SMILES string of the molecule is O=C(O)c1ccc2c(c1)S(=O)(=O)NC(=S)S2. The second-order valence-electron chi connectivity index (χ2n) is 2.96. The van der Waals surface area contributed by atoms with Gasteiger partial charge < -0.3 is 5.11 Å². The minimum Gasteiger partial charge on any atom is -0.478 e. The normalized spacial score (nSPS) is 17.4. The van der Waals surface area contributed by atoms with E-state index in [4.69, 9.17) is 17.3 Å². The Bertz CT molecular complexity index is 593. The van der Waals surface area contributed by atoms with Gasteiger partial charge in [0.2, 0.25) is 0 Å². The highest BCUT2D eigenvalue weighted by molar-refractivity contribution is 8.24. The summed E-state index contributed by atoms with van der Waals surface area (Å²) in [6.07, 6.45) is 0. The maximum absolute atomic E-state index is 11.7. The molecular formula is C8H5NO4S3. The van der Waals surface area contributed by atoms with Gasteiger partial charge in [-0.3, -0.25) is 4.72 Å². The third kappa shape index (κ3) is 1.91. The third-order valence-electron chi connectivity index (χ3n) is 1.90. The Morgan fingerprint density at radius 3 is 2.75 bits per heavy atom. The number of benzene rings is 1. The van der Waals surface area contributed by atoms with Crippen LogP contribution in [0.25, 0.3) is 0 Å². The predicted octanol–water partition coefficient (Wildman–Crippen LogP) is 1.05. The first-order valence-corrected chi connectivity index (χ1v) is 6.73. The van der Waals surface area contributed by atoms with Crippen LogP contribution in [0.5, 0.6) is 0 Å². The fraction of sp³-hybridized carbons (Fsp3) is 0. The maximum atomic E-state index is 11.7. The van der Waals surface area contributed by atoms with E-state index in [0.717, 1.165) is 17.8 Å². The van der Waals surface area contributed by atoms with E-state index in [1.165, 1.54) is 12.1 Å². The number of carbonyl (C=O) groups is 1. The number of carboxylic acid groups (broad SMARTS) is 1. The minimum atomic E-state index is -3.72. The molecule has 0 spiro atoms. The highest BCUT2D eigenvalue weighted by atomic mass is 32.2. The first kappa shape index (κ1) is 11.4. The van der Waals surface area contributed by atoms with Gasteiger partial charge in [0.05, 0.1) is 5.56 Å².